The first-order valence-corrected chi connectivity index (χ1v) is 14.2. The number of benzene rings is 2. The maximum atomic E-state index is 15.0. The number of nitrogens with zero attached hydrogens (tertiary/aromatic N) is 2. The third-order valence-electron chi connectivity index (χ3n) is 5.61. The number of halogens is 2. The predicted octanol–water partition coefficient (Wildman–Crippen LogP) is 5.00. The fourth-order valence-electron chi connectivity index (χ4n) is 3.74. The van der Waals surface area contributed by atoms with Crippen LogP contribution in [-0.4, -0.2) is 44.3 Å². The van der Waals surface area contributed by atoms with Crippen molar-refractivity contribution in [2.45, 2.75) is 19.9 Å². The Kier molecular flexibility index (Phi) is 8.45. The highest BCUT2D eigenvalue weighted by Crippen LogP contribution is 2.32. The molecular formula is C25H25F2N5O5S2. The van der Waals surface area contributed by atoms with Gasteiger partial charge in [0.2, 0.25) is 10.0 Å². The Balaban J connectivity index is 1.57. The third kappa shape index (κ3) is 6.17. The molecule has 0 spiro atoms. The Hall–Kier alpha value is -4.04. The van der Waals surface area contributed by atoms with E-state index in [1.165, 1.54) is 6.33 Å². The normalized spacial score (nSPS) is 11.3. The zero-order chi connectivity index (χ0) is 28.2. The highest BCUT2D eigenvalue weighted by atomic mass is 32.2. The van der Waals surface area contributed by atoms with Crippen molar-refractivity contribution < 1.29 is 31.5 Å². The Labute approximate surface area is 227 Å². The number of amides is 1. The van der Waals surface area contributed by atoms with E-state index in [0.717, 1.165) is 29.0 Å². The lowest BCUT2D eigenvalue weighted by molar-refractivity contribution is 0.103. The molecule has 3 N–H and O–H groups in total. The number of hydrogen-bond acceptors (Lipinski definition) is 9. The van der Waals surface area contributed by atoms with Crippen LogP contribution < -0.4 is 24.8 Å². The van der Waals surface area contributed by atoms with Crippen molar-refractivity contribution in [1.82, 2.24) is 9.97 Å². The predicted molar refractivity (Wildman–Crippen MR) is 146 cm³/mol. The van der Waals surface area contributed by atoms with Crippen LogP contribution in [-0.2, 0) is 16.6 Å². The summed E-state index contributed by atoms with van der Waals surface area (Å²) in [5, 5.41) is 7.59. The number of aromatic nitrogens is 2. The van der Waals surface area contributed by atoms with Gasteiger partial charge in [-0.25, -0.2) is 27.2 Å². The molecule has 0 bridgehead atoms. The van der Waals surface area contributed by atoms with E-state index >= 15 is 4.39 Å². The van der Waals surface area contributed by atoms with Gasteiger partial charge in [-0.1, -0.05) is 6.92 Å². The second-order valence-electron chi connectivity index (χ2n) is 8.24. The number of thiophene rings is 1. The van der Waals surface area contributed by atoms with E-state index in [2.05, 4.69) is 25.3 Å². The number of hydrogen-bond donors (Lipinski definition) is 3. The lowest BCUT2D eigenvalue weighted by Crippen LogP contribution is -2.19. The van der Waals surface area contributed by atoms with Gasteiger partial charge in [0.15, 0.2) is 5.82 Å². The Morgan fingerprint density at radius 1 is 1.10 bits per heavy atom. The maximum absolute atomic E-state index is 15.0. The first-order chi connectivity index (χ1) is 18.7. The monoisotopic (exact) mass is 577 g/mol. The summed E-state index contributed by atoms with van der Waals surface area (Å²) >= 11 is 1.02. The first kappa shape index (κ1) is 28.0. The summed E-state index contributed by atoms with van der Waals surface area (Å²) in [6.45, 7) is 1.99. The van der Waals surface area contributed by atoms with Gasteiger partial charge < -0.3 is 20.1 Å². The first-order valence-electron chi connectivity index (χ1n) is 11.6. The molecule has 2 heterocycles. The van der Waals surface area contributed by atoms with Crippen LogP contribution in [0.5, 0.6) is 11.5 Å². The molecule has 0 saturated heterocycles. The molecule has 0 aliphatic carbocycles. The Bertz CT molecular complexity index is 1630. The average molecular weight is 578 g/mol. The lowest BCUT2D eigenvalue weighted by Gasteiger charge is -2.13. The standard InChI is InChI=1S/C25H25F2N5O5S2/c1-4-9-39(34,35)32-18-8-7-17(26)22(20(18)27)31-25(33)23-21-16(12-38-23)24(30-13-29-21)28-11-14-5-6-15(36-2)10-19(14)37-3/h5-8,10,12-13,32H,4,9,11H2,1-3H3,(H,31,33)(H,28,29,30). The van der Waals surface area contributed by atoms with Crippen molar-refractivity contribution >= 4 is 55.4 Å². The van der Waals surface area contributed by atoms with Crippen molar-refractivity contribution in [2.24, 2.45) is 0 Å². The van der Waals surface area contributed by atoms with Gasteiger partial charge in [-0.05, 0) is 30.7 Å². The van der Waals surface area contributed by atoms with E-state index in [1.807, 2.05) is 6.07 Å². The van der Waals surface area contributed by atoms with Crippen molar-refractivity contribution in [3.05, 3.63) is 64.1 Å². The zero-order valence-electron chi connectivity index (χ0n) is 21.2. The molecule has 39 heavy (non-hydrogen) atoms. The van der Waals surface area contributed by atoms with Gasteiger partial charge in [0.1, 0.15) is 40.0 Å². The molecule has 0 unspecified atom stereocenters. The van der Waals surface area contributed by atoms with E-state index in [-0.39, 0.29) is 16.1 Å². The summed E-state index contributed by atoms with van der Waals surface area (Å²) in [5.74, 6) is -1.67. The lowest BCUT2D eigenvalue weighted by atomic mass is 10.2. The molecule has 0 atom stereocenters. The number of methoxy groups -OCH3 is 2. The van der Waals surface area contributed by atoms with Crippen molar-refractivity contribution in [1.29, 1.82) is 0 Å². The zero-order valence-corrected chi connectivity index (χ0v) is 22.8. The number of carbonyl (C=O) groups is 1. The third-order valence-corrected chi connectivity index (χ3v) is 8.05. The number of fused-ring (bicyclic) bond motifs is 1. The second kappa shape index (κ2) is 11.8. The molecule has 10 nitrogen and oxygen atoms in total. The summed E-state index contributed by atoms with van der Waals surface area (Å²) in [6, 6.07) is 7.21. The van der Waals surface area contributed by atoms with Gasteiger partial charge in [0, 0.05) is 23.6 Å². The van der Waals surface area contributed by atoms with E-state index in [0.29, 0.717) is 35.7 Å². The minimum absolute atomic E-state index is 0.0910. The maximum Gasteiger partial charge on any atom is 0.268 e. The van der Waals surface area contributed by atoms with Crippen LogP contribution in [0.15, 0.2) is 42.0 Å². The molecular weight excluding hydrogens is 552 g/mol. The van der Waals surface area contributed by atoms with Gasteiger partial charge in [-0.15, -0.1) is 11.3 Å². The molecule has 1 amide bonds. The van der Waals surface area contributed by atoms with Crippen LogP contribution >= 0.6 is 11.3 Å². The van der Waals surface area contributed by atoms with Crippen molar-refractivity contribution in [2.75, 3.05) is 35.3 Å². The quantitative estimate of drug-likeness (QED) is 0.227. The topological polar surface area (TPSA) is 132 Å². The number of sulfonamides is 1. The molecule has 0 aliphatic heterocycles. The molecule has 0 radical (unpaired) electrons. The highest BCUT2D eigenvalue weighted by Gasteiger charge is 2.23. The van der Waals surface area contributed by atoms with Gasteiger partial charge in [0.25, 0.3) is 5.91 Å². The van der Waals surface area contributed by atoms with Crippen LogP contribution in [0.1, 0.15) is 28.6 Å². The number of nitrogens with one attached hydrogen (secondary N) is 3. The van der Waals surface area contributed by atoms with E-state index in [4.69, 9.17) is 9.47 Å². The summed E-state index contributed by atoms with van der Waals surface area (Å²) in [6.07, 6.45) is 1.57. The molecule has 0 aliphatic rings. The fourth-order valence-corrected chi connectivity index (χ4v) is 5.77. The van der Waals surface area contributed by atoms with Crippen LogP contribution in [0, 0.1) is 11.6 Å². The summed E-state index contributed by atoms with van der Waals surface area (Å²) in [4.78, 5) is 21.6. The molecule has 2 aromatic heterocycles. The number of ether oxygens (including phenoxy) is 2. The number of rotatable bonds is 11. The van der Waals surface area contributed by atoms with E-state index in [9.17, 15) is 17.6 Å². The molecule has 4 rings (SSSR count). The molecule has 206 valence electrons. The van der Waals surface area contributed by atoms with Gasteiger partial charge in [-0.2, -0.15) is 0 Å². The number of carbonyl (C=O) groups excluding carboxylic acids is 1. The van der Waals surface area contributed by atoms with Crippen LogP contribution in [0.25, 0.3) is 10.9 Å². The van der Waals surface area contributed by atoms with E-state index in [1.54, 1.807) is 38.7 Å². The number of anilines is 3. The molecule has 2 aromatic carbocycles. The van der Waals surface area contributed by atoms with E-state index < -0.39 is 38.9 Å². The van der Waals surface area contributed by atoms with Crippen LogP contribution in [0.4, 0.5) is 26.0 Å². The van der Waals surface area contributed by atoms with Crippen LogP contribution in [0.2, 0.25) is 0 Å². The average Bonchev–Trinajstić information content (AvgIpc) is 3.36. The molecule has 0 fully saturated rings. The summed E-state index contributed by atoms with van der Waals surface area (Å²) in [7, 11) is -0.730. The van der Waals surface area contributed by atoms with Crippen LogP contribution in [0.3, 0.4) is 0 Å². The van der Waals surface area contributed by atoms with Crippen molar-refractivity contribution in [3.63, 3.8) is 0 Å². The SMILES string of the molecule is CCCS(=O)(=O)Nc1ccc(F)c(NC(=O)c2scc3c(NCc4ccc(OC)cc4OC)ncnc23)c1F. The van der Waals surface area contributed by atoms with Crippen molar-refractivity contribution in [3.8, 4) is 11.5 Å². The molecule has 14 heteroatoms. The minimum Gasteiger partial charge on any atom is -0.497 e. The van der Waals surface area contributed by atoms with Gasteiger partial charge >= 0.3 is 0 Å². The Morgan fingerprint density at radius 2 is 1.90 bits per heavy atom. The summed E-state index contributed by atoms with van der Waals surface area (Å²) in [5.41, 5.74) is -0.146. The molecule has 4 aromatic rings. The van der Waals surface area contributed by atoms with Gasteiger partial charge in [0.05, 0.1) is 36.6 Å². The van der Waals surface area contributed by atoms with Gasteiger partial charge in [-0.3, -0.25) is 9.52 Å². The highest BCUT2D eigenvalue weighted by molar-refractivity contribution is 7.92. The summed E-state index contributed by atoms with van der Waals surface area (Å²) < 4.78 is 66.3. The minimum atomic E-state index is -3.84. The second-order valence-corrected chi connectivity index (χ2v) is 11.0. The Morgan fingerprint density at radius 3 is 2.62 bits per heavy atom. The molecule has 0 saturated carbocycles. The fraction of sp³-hybridized carbons (Fsp3) is 0.240. The largest absolute Gasteiger partial charge is 0.497 e. The smallest absolute Gasteiger partial charge is 0.268 e.